The minimum Gasteiger partial charge on any atom is -0.482 e. The van der Waals surface area contributed by atoms with Crippen LogP contribution in [0.2, 0.25) is 0 Å². The van der Waals surface area contributed by atoms with E-state index >= 15 is 0 Å². The van der Waals surface area contributed by atoms with Gasteiger partial charge >= 0.3 is 5.97 Å². The van der Waals surface area contributed by atoms with Crippen LogP contribution in [-0.4, -0.2) is 23.4 Å². The van der Waals surface area contributed by atoms with Crippen molar-refractivity contribution in [2.75, 3.05) is 12.4 Å². The van der Waals surface area contributed by atoms with Crippen molar-refractivity contribution in [3.8, 4) is 28.0 Å². The summed E-state index contributed by atoms with van der Waals surface area (Å²) in [6, 6.07) is 45.8. The first-order valence-corrected chi connectivity index (χ1v) is 13.7. The van der Waals surface area contributed by atoms with E-state index < -0.39 is 5.97 Å². The predicted octanol–water partition coefficient (Wildman–Crippen LogP) is 8.71. The molecule has 0 aliphatic rings. The van der Waals surface area contributed by atoms with Gasteiger partial charge in [-0.3, -0.25) is 0 Å². The maximum absolute atomic E-state index is 10.7. The lowest BCUT2D eigenvalue weighted by Crippen LogP contribution is -2.09. The third-order valence-electron chi connectivity index (χ3n) is 6.33. The molecule has 0 radical (unpaired) electrons. The zero-order valence-corrected chi connectivity index (χ0v) is 22.2. The van der Waals surface area contributed by atoms with Gasteiger partial charge in [-0.25, -0.2) is 4.79 Å². The summed E-state index contributed by atoms with van der Waals surface area (Å²) in [4.78, 5) is 11.8. The van der Waals surface area contributed by atoms with Crippen molar-refractivity contribution in [2.24, 2.45) is 0 Å². The van der Waals surface area contributed by atoms with Crippen molar-refractivity contribution in [3.05, 3.63) is 151 Å². The summed E-state index contributed by atoms with van der Waals surface area (Å²) in [7, 11) is 0. The molecule has 0 amide bonds. The SMILES string of the molecule is O=C(O)COc1ccc(SCC=C(c2ccc(-c3ccccc3)cc2)c2ccc(-c3ccccc3)cc2)cc1. The van der Waals surface area contributed by atoms with Crippen LogP contribution < -0.4 is 4.74 Å². The van der Waals surface area contributed by atoms with E-state index in [1.165, 1.54) is 39.0 Å². The number of rotatable bonds is 10. The molecule has 39 heavy (non-hydrogen) atoms. The van der Waals surface area contributed by atoms with Crippen molar-refractivity contribution in [1.29, 1.82) is 0 Å². The Morgan fingerprint density at radius 2 is 1.08 bits per heavy atom. The van der Waals surface area contributed by atoms with Gasteiger partial charge in [0.05, 0.1) is 0 Å². The number of carboxylic acid groups (broad SMARTS) is 1. The van der Waals surface area contributed by atoms with Crippen LogP contribution >= 0.6 is 11.8 Å². The van der Waals surface area contributed by atoms with E-state index in [1.807, 2.05) is 24.3 Å². The Morgan fingerprint density at radius 3 is 1.54 bits per heavy atom. The molecular weight excluding hydrogens is 500 g/mol. The van der Waals surface area contributed by atoms with Crippen molar-refractivity contribution in [3.63, 3.8) is 0 Å². The molecule has 5 aromatic carbocycles. The Kier molecular flexibility index (Phi) is 8.57. The Hall–Kier alpha value is -4.54. The lowest BCUT2D eigenvalue weighted by molar-refractivity contribution is -0.139. The average Bonchev–Trinajstić information content (AvgIpc) is 3.00. The van der Waals surface area contributed by atoms with Crippen LogP contribution in [0.3, 0.4) is 0 Å². The van der Waals surface area contributed by atoms with E-state index in [0.717, 1.165) is 10.6 Å². The Labute approximate surface area is 233 Å². The summed E-state index contributed by atoms with van der Waals surface area (Å²) in [6.45, 7) is -0.343. The number of carboxylic acids is 1. The molecule has 5 aromatic rings. The minimum absolute atomic E-state index is 0.343. The average molecular weight is 529 g/mol. The van der Waals surface area contributed by atoms with Crippen LogP contribution in [0.1, 0.15) is 11.1 Å². The van der Waals surface area contributed by atoms with E-state index in [-0.39, 0.29) is 6.61 Å². The Balaban J connectivity index is 1.38. The van der Waals surface area contributed by atoms with E-state index in [4.69, 9.17) is 9.84 Å². The number of aliphatic carboxylic acids is 1. The van der Waals surface area contributed by atoms with Gasteiger partial charge in [0.1, 0.15) is 5.75 Å². The normalized spacial score (nSPS) is 10.6. The molecule has 192 valence electrons. The topological polar surface area (TPSA) is 46.5 Å². The maximum Gasteiger partial charge on any atom is 0.341 e. The van der Waals surface area contributed by atoms with Crippen LogP contribution in [0.5, 0.6) is 5.75 Å². The number of thioether (sulfide) groups is 1. The van der Waals surface area contributed by atoms with Gasteiger partial charge in [0.2, 0.25) is 0 Å². The fourth-order valence-corrected chi connectivity index (χ4v) is 5.12. The molecular formula is C35H28O3S. The maximum atomic E-state index is 10.7. The second-order valence-electron chi connectivity index (χ2n) is 8.97. The molecule has 0 unspecified atom stereocenters. The van der Waals surface area contributed by atoms with Gasteiger partial charge < -0.3 is 9.84 Å². The molecule has 0 aromatic heterocycles. The lowest BCUT2D eigenvalue weighted by atomic mass is 9.94. The van der Waals surface area contributed by atoms with Gasteiger partial charge in [0.15, 0.2) is 6.61 Å². The summed E-state index contributed by atoms with van der Waals surface area (Å²) < 4.78 is 5.24. The molecule has 3 nitrogen and oxygen atoms in total. The van der Waals surface area contributed by atoms with Gasteiger partial charge in [-0.05, 0) is 63.2 Å². The van der Waals surface area contributed by atoms with E-state index in [2.05, 4.69) is 103 Å². The predicted molar refractivity (Wildman–Crippen MR) is 161 cm³/mol. The van der Waals surface area contributed by atoms with Gasteiger partial charge in [-0.1, -0.05) is 115 Å². The zero-order chi connectivity index (χ0) is 26.9. The summed E-state index contributed by atoms with van der Waals surface area (Å²) in [5.41, 5.74) is 8.31. The first-order chi connectivity index (χ1) is 19.2. The molecule has 4 heteroatoms. The molecule has 0 atom stereocenters. The first-order valence-electron chi connectivity index (χ1n) is 12.7. The molecule has 0 fully saturated rings. The first kappa shape index (κ1) is 26.1. The van der Waals surface area contributed by atoms with Gasteiger partial charge in [-0.15, -0.1) is 11.8 Å². The van der Waals surface area contributed by atoms with Gasteiger partial charge in [0, 0.05) is 10.6 Å². The highest BCUT2D eigenvalue weighted by atomic mass is 32.2. The van der Waals surface area contributed by atoms with Crippen LogP contribution in [0.4, 0.5) is 0 Å². The summed E-state index contributed by atoms with van der Waals surface area (Å²) in [6.07, 6.45) is 2.27. The third-order valence-corrected chi connectivity index (χ3v) is 7.27. The summed E-state index contributed by atoms with van der Waals surface area (Å²) in [5, 5.41) is 8.80. The van der Waals surface area contributed by atoms with E-state index in [0.29, 0.717) is 5.75 Å². The molecule has 0 spiro atoms. The van der Waals surface area contributed by atoms with Crippen LogP contribution in [0.15, 0.2) is 144 Å². The van der Waals surface area contributed by atoms with Crippen molar-refractivity contribution in [1.82, 2.24) is 0 Å². The largest absolute Gasteiger partial charge is 0.482 e. The summed E-state index contributed by atoms with van der Waals surface area (Å²) >= 11 is 1.72. The number of benzene rings is 5. The quantitative estimate of drug-likeness (QED) is 0.184. The fraction of sp³-hybridized carbons (Fsp3) is 0.0571. The van der Waals surface area contributed by atoms with Crippen LogP contribution in [0.25, 0.3) is 27.8 Å². The number of ether oxygens (including phenoxy) is 1. The molecule has 0 bridgehead atoms. The highest BCUT2D eigenvalue weighted by Gasteiger charge is 2.08. The molecule has 0 saturated heterocycles. The molecule has 0 aliphatic heterocycles. The zero-order valence-electron chi connectivity index (χ0n) is 21.4. The number of hydrogen-bond donors (Lipinski definition) is 1. The Morgan fingerprint density at radius 1 is 0.615 bits per heavy atom. The highest BCUT2D eigenvalue weighted by Crippen LogP contribution is 2.30. The molecule has 5 rings (SSSR count). The highest BCUT2D eigenvalue weighted by molar-refractivity contribution is 7.99. The van der Waals surface area contributed by atoms with Gasteiger partial charge in [-0.2, -0.15) is 0 Å². The monoisotopic (exact) mass is 528 g/mol. The lowest BCUT2D eigenvalue weighted by Gasteiger charge is -2.12. The fourth-order valence-electron chi connectivity index (χ4n) is 4.35. The molecule has 0 saturated carbocycles. The van der Waals surface area contributed by atoms with E-state index in [9.17, 15) is 4.79 Å². The van der Waals surface area contributed by atoms with Crippen LogP contribution in [0, 0.1) is 0 Å². The second kappa shape index (κ2) is 12.8. The smallest absolute Gasteiger partial charge is 0.341 e. The van der Waals surface area contributed by atoms with E-state index in [1.54, 1.807) is 23.9 Å². The summed E-state index contributed by atoms with van der Waals surface area (Å²) in [5.74, 6) is 0.348. The minimum atomic E-state index is -0.986. The second-order valence-corrected chi connectivity index (χ2v) is 10.1. The van der Waals surface area contributed by atoms with Crippen molar-refractivity contribution in [2.45, 2.75) is 4.90 Å². The number of carbonyl (C=O) groups is 1. The molecule has 0 aliphatic carbocycles. The molecule has 0 heterocycles. The van der Waals surface area contributed by atoms with Gasteiger partial charge in [0.25, 0.3) is 0 Å². The van der Waals surface area contributed by atoms with Crippen molar-refractivity contribution < 1.29 is 14.6 Å². The third kappa shape index (κ3) is 7.07. The Bertz CT molecular complexity index is 1440. The molecule has 1 N–H and O–H groups in total. The van der Waals surface area contributed by atoms with Crippen LogP contribution in [-0.2, 0) is 4.79 Å². The standard InChI is InChI=1S/C35H28O3S/c36-35(37)25-38-32-19-21-33(22-20-32)39-24-23-34(30-15-11-28(12-16-30)26-7-3-1-4-8-26)31-17-13-29(14-18-31)27-9-5-2-6-10-27/h1-23H,24-25H2,(H,36,37). The van der Waals surface area contributed by atoms with Crippen molar-refractivity contribution >= 4 is 23.3 Å². The number of hydrogen-bond acceptors (Lipinski definition) is 3.